The summed E-state index contributed by atoms with van der Waals surface area (Å²) in [7, 11) is 0. The Hall–Kier alpha value is -1.49. The second-order valence-electron chi connectivity index (χ2n) is 3.95. The summed E-state index contributed by atoms with van der Waals surface area (Å²) in [5, 5.41) is 0.132. The molecule has 0 saturated carbocycles. The minimum absolute atomic E-state index is 0.0931. The first-order valence-corrected chi connectivity index (χ1v) is 4.77. The van der Waals surface area contributed by atoms with Gasteiger partial charge in [0, 0.05) is 22.7 Å². The zero-order valence-electron chi connectivity index (χ0n) is 8.60. The van der Waals surface area contributed by atoms with Gasteiger partial charge in [0.15, 0.2) is 0 Å². The molecule has 0 spiro atoms. The Bertz CT molecular complexity index is 517. The largest absolute Gasteiger partial charge is 0.361 e. The Labute approximate surface area is 90.3 Å². The van der Waals surface area contributed by atoms with Gasteiger partial charge in [-0.05, 0) is 19.1 Å². The fraction of sp³-hybridized carbons (Fsp3) is 0.273. The number of fused-ring (bicyclic) bond motifs is 1. The Morgan fingerprint density at radius 2 is 2.06 bits per heavy atom. The summed E-state index contributed by atoms with van der Waals surface area (Å²) in [5.74, 6) is -0.550. The normalized spacial score (nSPS) is 15.6. The molecule has 0 fully saturated rings. The molecule has 3 N–H and O–H groups in total. The topological polar surface area (TPSA) is 41.8 Å². The molecule has 0 bridgehead atoms. The van der Waals surface area contributed by atoms with Crippen LogP contribution in [0.15, 0.2) is 24.4 Å². The van der Waals surface area contributed by atoms with E-state index < -0.39 is 17.8 Å². The Kier molecular flexibility index (Phi) is 2.42. The molecule has 1 aromatic carbocycles. The molecule has 1 atom stereocenters. The lowest BCUT2D eigenvalue weighted by molar-refractivity contribution is 0.0632. The summed E-state index contributed by atoms with van der Waals surface area (Å²) in [6.45, 7) is 1.19. The number of H-pyrrole nitrogens is 1. The third-order valence-electron chi connectivity index (χ3n) is 2.69. The van der Waals surface area contributed by atoms with Crippen LogP contribution < -0.4 is 5.73 Å². The van der Waals surface area contributed by atoms with Crippen molar-refractivity contribution in [1.29, 1.82) is 0 Å². The molecule has 0 aliphatic carbocycles. The molecule has 1 unspecified atom stereocenters. The molecule has 5 heteroatoms. The number of rotatable bonds is 2. The summed E-state index contributed by atoms with van der Waals surface area (Å²) >= 11 is 0. The summed E-state index contributed by atoms with van der Waals surface area (Å²) < 4.78 is 39.1. The van der Waals surface area contributed by atoms with Crippen molar-refractivity contribution >= 4 is 10.9 Å². The number of hydrogen-bond donors (Lipinski definition) is 2. The quantitative estimate of drug-likeness (QED) is 0.815. The van der Waals surface area contributed by atoms with Gasteiger partial charge in [-0.15, -0.1) is 0 Å². The van der Waals surface area contributed by atoms with Crippen LogP contribution in [-0.4, -0.2) is 11.4 Å². The van der Waals surface area contributed by atoms with Crippen LogP contribution in [0.5, 0.6) is 0 Å². The number of benzene rings is 1. The highest BCUT2D eigenvalue weighted by atomic mass is 19.3. The van der Waals surface area contributed by atoms with Gasteiger partial charge in [-0.25, -0.2) is 13.2 Å². The lowest BCUT2D eigenvalue weighted by atomic mass is 9.93. The molecule has 86 valence electrons. The van der Waals surface area contributed by atoms with Crippen LogP contribution in [0.2, 0.25) is 0 Å². The zero-order chi connectivity index (χ0) is 11.9. The highest BCUT2D eigenvalue weighted by molar-refractivity contribution is 5.84. The van der Waals surface area contributed by atoms with Gasteiger partial charge in [0.2, 0.25) is 0 Å². The molecular formula is C11H11F3N2. The van der Waals surface area contributed by atoms with Gasteiger partial charge in [0.1, 0.15) is 11.4 Å². The SMILES string of the molecule is CC(N)(c1c[nH]c2cccc(F)c12)C(F)F. The number of aromatic amines is 1. The lowest BCUT2D eigenvalue weighted by Crippen LogP contribution is -2.40. The predicted molar refractivity (Wildman–Crippen MR) is 55.8 cm³/mol. The van der Waals surface area contributed by atoms with Gasteiger partial charge >= 0.3 is 0 Å². The molecule has 0 aliphatic heterocycles. The van der Waals surface area contributed by atoms with Gasteiger partial charge in [0.25, 0.3) is 6.43 Å². The zero-order valence-corrected chi connectivity index (χ0v) is 8.60. The van der Waals surface area contributed by atoms with E-state index in [-0.39, 0.29) is 10.9 Å². The van der Waals surface area contributed by atoms with Crippen LogP contribution >= 0.6 is 0 Å². The number of nitrogens with one attached hydrogen (secondary N) is 1. The predicted octanol–water partition coefficient (Wildman–Crippen LogP) is 2.75. The van der Waals surface area contributed by atoms with Crippen molar-refractivity contribution in [2.75, 3.05) is 0 Å². The summed E-state index contributed by atoms with van der Waals surface area (Å²) in [6, 6.07) is 4.35. The fourth-order valence-corrected chi connectivity index (χ4v) is 1.68. The third-order valence-corrected chi connectivity index (χ3v) is 2.69. The minimum Gasteiger partial charge on any atom is -0.361 e. The molecule has 0 aliphatic rings. The standard InChI is InChI=1S/C11H11F3N2/c1-11(15,10(13)14)6-5-16-8-4-2-3-7(12)9(6)8/h2-5,10,16H,15H2,1H3. The van der Waals surface area contributed by atoms with Crippen molar-refractivity contribution < 1.29 is 13.2 Å². The van der Waals surface area contributed by atoms with E-state index in [0.717, 1.165) is 0 Å². The number of aromatic nitrogens is 1. The van der Waals surface area contributed by atoms with E-state index >= 15 is 0 Å². The van der Waals surface area contributed by atoms with Crippen LogP contribution in [-0.2, 0) is 5.54 Å². The van der Waals surface area contributed by atoms with E-state index in [0.29, 0.717) is 5.52 Å². The second kappa shape index (κ2) is 3.52. The van der Waals surface area contributed by atoms with Crippen LogP contribution in [0.4, 0.5) is 13.2 Å². The molecule has 16 heavy (non-hydrogen) atoms. The maximum atomic E-state index is 13.6. The van der Waals surface area contributed by atoms with Gasteiger partial charge in [-0.1, -0.05) is 6.07 Å². The van der Waals surface area contributed by atoms with E-state index in [1.54, 1.807) is 6.07 Å². The van der Waals surface area contributed by atoms with Gasteiger partial charge < -0.3 is 10.7 Å². The van der Waals surface area contributed by atoms with Crippen LogP contribution in [0.3, 0.4) is 0 Å². The Morgan fingerprint density at radius 3 is 2.69 bits per heavy atom. The average molecular weight is 228 g/mol. The van der Waals surface area contributed by atoms with Crippen molar-refractivity contribution in [2.45, 2.75) is 18.9 Å². The third kappa shape index (κ3) is 1.48. The molecule has 2 rings (SSSR count). The van der Waals surface area contributed by atoms with Crippen molar-refractivity contribution in [3.63, 3.8) is 0 Å². The van der Waals surface area contributed by atoms with E-state index in [2.05, 4.69) is 4.98 Å². The highest BCUT2D eigenvalue weighted by Gasteiger charge is 2.35. The van der Waals surface area contributed by atoms with Crippen LogP contribution in [0.25, 0.3) is 10.9 Å². The van der Waals surface area contributed by atoms with Crippen molar-refractivity contribution in [2.24, 2.45) is 5.73 Å². The molecule has 1 heterocycles. The van der Waals surface area contributed by atoms with Gasteiger partial charge in [-0.3, -0.25) is 0 Å². The van der Waals surface area contributed by atoms with Gasteiger partial charge in [-0.2, -0.15) is 0 Å². The highest BCUT2D eigenvalue weighted by Crippen LogP contribution is 2.32. The van der Waals surface area contributed by atoms with Crippen molar-refractivity contribution in [1.82, 2.24) is 4.98 Å². The molecule has 0 amide bonds. The molecular weight excluding hydrogens is 217 g/mol. The van der Waals surface area contributed by atoms with Gasteiger partial charge in [0.05, 0.1) is 0 Å². The smallest absolute Gasteiger partial charge is 0.260 e. The first-order valence-electron chi connectivity index (χ1n) is 4.77. The van der Waals surface area contributed by atoms with Crippen molar-refractivity contribution in [3.8, 4) is 0 Å². The Morgan fingerprint density at radius 1 is 1.38 bits per heavy atom. The molecule has 2 nitrogen and oxygen atoms in total. The maximum Gasteiger partial charge on any atom is 0.260 e. The van der Waals surface area contributed by atoms with Crippen LogP contribution in [0.1, 0.15) is 12.5 Å². The maximum absolute atomic E-state index is 13.6. The summed E-state index contributed by atoms with van der Waals surface area (Å²) in [6.07, 6.45) is -1.42. The van der Waals surface area contributed by atoms with E-state index in [1.165, 1.54) is 25.3 Å². The van der Waals surface area contributed by atoms with E-state index in [1.807, 2.05) is 0 Å². The number of alkyl halides is 2. The first kappa shape index (κ1) is 11.0. The molecule has 0 radical (unpaired) electrons. The van der Waals surface area contributed by atoms with Crippen LogP contribution in [0, 0.1) is 5.82 Å². The number of hydrogen-bond acceptors (Lipinski definition) is 1. The van der Waals surface area contributed by atoms with Crippen molar-refractivity contribution in [3.05, 3.63) is 35.8 Å². The number of halogens is 3. The summed E-state index contributed by atoms with van der Waals surface area (Å²) in [5.41, 5.74) is 4.22. The number of nitrogens with two attached hydrogens (primary N) is 1. The van der Waals surface area contributed by atoms with E-state index in [4.69, 9.17) is 5.73 Å². The van der Waals surface area contributed by atoms with E-state index in [9.17, 15) is 13.2 Å². The molecule has 1 aromatic heterocycles. The lowest BCUT2D eigenvalue weighted by Gasteiger charge is -2.23. The summed E-state index contributed by atoms with van der Waals surface area (Å²) in [4.78, 5) is 2.74. The first-order chi connectivity index (χ1) is 7.44. The molecule has 2 aromatic rings. The fourth-order valence-electron chi connectivity index (χ4n) is 1.68. The Balaban J connectivity index is 2.71. The monoisotopic (exact) mass is 228 g/mol. The average Bonchev–Trinajstić information content (AvgIpc) is 2.63. The minimum atomic E-state index is -2.76. The molecule has 0 saturated heterocycles. The second-order valence-corrected chi connectivity index (χ2v) is 3.95.